The van der Waals surface area contributed by atoms with Crippen LogP contribution in [0, 0.1) is 21.7 Å². The minimum atomic E-state index is -1.33. The quantitative estimate of drug-likeness (QED) is 0.520. The first-order chi connectivity index (χ1) is 13.8. The van der Waals surface area contributed by atoms with Crippen LogP contribution in [-0.4, -0.2) is 22.4 Å². The number of non-ortho nitro benzene ring substituents is 1. The minimum Gasteiger partial charge on any atom is -0.383 e. The number of aromatic nitrogens is 1. The first kappa shape index (κ1) is 18.5. The number of nitrogen functional groups attached to an aromatic ring is 1. The average Bonchev–Trinajstić information content (AvgIpc) is 2.70. The zero-order chi connectivity index (χ0) is 20.7. The highest BCUT2D eigenvalue weighted by Gasteiger charge is 2.21. The van der Waals surface area contributed by atoms with Gasteiger partial charge in [-0.2, -0.15) is 0 Å². The maximum absolute atomic E-state index is 14.3. The van der Waals surface area contributed by atoms with Gasteiger partial charge in [-0.05, 0) is 29.7 Å². The number of fused-ring (bicyclic) bond motifs is 1. The van der Waals surface area contributed by atoms with Crippen LogP contribution in [-0.2, 0) is 6.42 Å². The normalized spacial score (nSPS) is 13.0. The average molecular weight is 396 g/mol. The van der Waals surface area contributed by atoms with E-state index in [-0.39, 0.29) is 22.9 Å². The molecule has 1 aliphatic rings. The number of nitrogens with one attached hydrogen (secondary N) is 1. The van der Waals surface area contributed by atoms with Crippen molar-refractivity contribution in [2.45, 2.75) is 6.42 Å². The lowest BCUT2D eigenvalue weighted by atomic mass is 9.94. The molecule has 1 aliphatic heterocycles. The van der Waals surface area contributed by atoms with Gasteiger partial charge in [0.2, 0.25) is 0 Å². The van der Waals surface area contributed by atoms with Crippen molar-refractivity contribution in [2.24, 2.45) is 0 Å². The molecule has 0 saturated heterocycles. The van der Waals surface area contributed by atoms with Gasteiger partial charge in [0.25, 0.3) is 11.6 Å². The largest absolute Gasteiger partial charge is 0.383 e. The smallest absolute Gasteiger partial charge is 0.273 e. The summed E-state index contributed by atoms with van der Waals surface area (Å²) in [6, 6.07) is 8.12. The Kier molecular flexibility index (Phi) is 4.42. The molecule has 3 N–H and O–H groups in total. The number of carbonyl (C=O) groups is 1. The molecule has 0 radical (unpaired) electrons. The second kappa shape index (κ2) is 6.93. The van der Waals surface area contributed by atoms with Crippen molar-refractivity contribution in [3.63, 3.8) is 0 Å². The van der Waals surface area contributed by atoms with E-state index in [1.54, 1.807) is 18.2 Å². The molecule has 1 amide bonds. The van der Waals surface area contributed by atoms with Gasteiger partial charge in [-0.25, -0.2) is 13.8 Å². The molecule has 0 spiro atoms. The molecular formula is C20H14F2N4O3. The van der Waals surface area contributed by atoms with E-state index >= 15 is 0 Å². The Morgan fingerprint density at radius 1 is 1.07 bits per heavy atom. The zero-order valence-electron chi connectivity index (χ0n) is 14.9. The predicted molar refractivity (Wildman–Crippen MR) is 102 cm³/mol. The summed E-state index contributed by atoms with van der Waals surface area (Å²) in [5, 5.41) is 13.8. The van der Waals surface area contributed by atoms with Crippen molar-refractivity contribution in [2.75, 3.05) is 12.3 Å². The van der Waals surface area contributed by atoms with Crippen LogP contribution in [0.4, 0.5) is 20.3 Å². The summed E-state index contributed by atoms with van der Waals surface area (Å²) >= 11 is 0. The van der Waals surface area contributed by atoms with E-state index in [2.05, 4.69) is 10.3 Å². The fourth-order valence-corrected chi connectivity index (χ4v) is 3.34. The lowest BCUT2D eigenvalue weighted by Crippen LogP contribution is -2.31. The molecule has 4 rings (SSSR count). The van der Waals surface area contributed by atoms with Gasteiger partial charge in [0, 0.05) is 41.1 Å². The summed E-state index contributed by atoms with van der Waals surface area (Å²) in [5.41, 5.74) is 7.76. The molecule has 7 nitrogen and oxygen atoms in total. The number of hydrogen-bond acceptors (Lipinski definition) is 5. The van der Waals surface area contributed by atoms with Crippen molar-refractivity contribution in [3.05, 3.63) is 75.5 Å². The molecule has 29 heavy (non-hydrogen) atoms. The SMILES string of the molecule is Nc1ncc(-c2cc([N+](=O)[O-])cc(F)c2F)cc1-c1ccc2c(c1)CCNC2=O. The van der Waals surface area contributed by atoms with Gasteiger partial charge >= 0.3 is 0 Å². The van der Waals surface area contributed by atoms with Crippen molar-refractivity contribution < 1.29 is 18.5 Å². The number of benzene rings is 2. The second-order valence-electron chi connectivity index (χ2n) is 6.58. The maximum atomic E-state index is 14.3. The third-order valence-electron chi connectivity index (χ3n) is 4.79. The van der Waals surface area contributed by atoms with E-state index < -0.39 is 22.2 Å². The Morgan fingerprint density at radius 3 is 2.62 bits per heavy atom. The first-order valence-electron chi connectivity index (χ1n) is 8.66. The van der Waals surface area contributed by atoms with E-state index in [4.69, 9.17) is 5.73 Å². The lowest BCUT2D eigenvalue weighted by Gasteiger charge is -2.18. The summed E-state index contributed by atoms with van der Waals surface area (Å²) < 4.78 is 28.2. The highest BCUT2D eigenvalue weighted by atomic mass is 19.2. The third-order valence-corrected chi connectivity index (χ3v) is 4.79. The number of hydrogen-bond donors (Lipinski definition) is 2. The monoisotopic (exact) mass is 396 g/mol. The van der Waals surface area contributed by atoms with E-state index in [1.165, 1.54) is 12.3 Å². The molecule has 2 aromatic carbocycles. The van der Waals surface area contributed by atoms with E-state index in [0.29, 0.717) is 35.7 Å². The molecule has 0 fully saturated rings. The van der Waals surface area contributed by atoms with Crippen LogP contribution in [0.2, 0.25) is 0 Å². The van der Waals surface area contributed by atoms with Crippen LogP contribution in [0.1, 0.15) is 15.9 Å². The van der Waals surface area contributed by atoms with E-state index in [0.717, 1.165) is 11.6 Å². The summed E-state index contributed by atoms with van der Waals surface area (Å²) in [5.74, 6) is -2.55. The summed E-state index contributed by atoms with van der Waals surface area (Å²) in [6.45, 7) is 0.515. The highest BCUT2D eigenvalue weighted by molar-refractivity contribution is 5.97. The number of nitro benzene ring substituents is 1. The summed E-state index contributed by atoms with van der Waals surface area (Å²) in [7, 11) is 0. The number of nitrogens with two attached hydrogens (primary N) is 1. The van der Waals surface area contributed by atoms with Gasteiger partial charge in [-0.3, -0.25) is 14.9 Å². The number of amides is 1. The van der Waals surface area contributed by atoms with Crippen molar-refractivity contribution >= 4 is 17.4 Å². The predicted octanol–water partition coefficient (Wildman–Crippen LogP) is 3.47. The molecule has 1 aromatic heterocycles. The van der Waals surface area contributed by atoms with Crippen LogP contribution < -0.4 is 11.1 Å². The number of halogens is 2. The standard InChI is InChI=1S/C20H14F2N4O3/c21-17-8-13(26(28)29)7-15(18(17)22)12-6-16(19(23)25-9-12)10-1-2-14-11(5-10)3-4-24-20(14)27/h1-2,5-9H,3-4H2,(H2,23,25)(H,24,27). The number of rotatable bonds is 3. The number of nitrogens with zero attached hydrogens (tertiary/aromatic N) is 2. The molecular weight excluding hydrogens is 382 g/mol. The molecule has 9 heteroatoms. The van der Waals surface area contributed by atoms with Gasteiger partial charge in [0.15, 0.2) is 11.6 Å². The lowest BCUT2D eigenvalue weighted by molar-refractivity contribution is -0.385. The zero-order valence-corrected chi connectivity index (χ0v) is 14.9. The Hall–Kier alpha value is -3.88. The fourth-order valence-electron chi connectivity index (χ4n) is 3.34. The Bertz CT molecular complexity index is 1180. The second-order valence-corrected chi connectivity index (χ2v) is 6.58. The van der Waals surface area contributed by atoms with E-state index in [9.17, 15) is 23.7 Å². The van der Waals surface area contributed by atoms with Crippen molar-refractivity contribution in [1.82, 2.24) is 10.3 Å². The molecule has 146 valence electrons. The minimum absolute atomic E-state index is 0.143. The molecule has 2 heterocycles. The van der Waals surface area contributed by atoms with Crippen LogP contribution in [0.5, 0.6) is 0 Å². The molecule has 0 unspecified atom stereocenters. The van der Waals surface area contributed by atoms with Gasteiger partial charge < -0.3 is 11.1 Å². The summed E-state index contributed by atoms with van der Waals surface area (Å²) in [4.78, 5) is 26.2. The Labute approximate surface area is 163 Å². The molecule has 0 atom stereocenters. The van der Waals surface area contributed by atoms with Crippen LogP contribution in [0.15, 0.2) is 42.6 Å². The molecule has 3 aromatic rings. The van der Waals surface area contributed by atoms with Crippen LogP contribution in [0.3, 0.4) is 0 Å². The number of carbonyl (C=O) groups excluding carboxylic acids is 1. The molecule has 0 bridgehead atoms. The maximum Gasteiger partial charge on any atom is 0.273 e. The van der Waals surface area contributed by atoms with Gasteiger partial charge in [-0.15, -0.1) is 0 Å². The third kappa shape index (κ3) is 3.27. The van der Waals surface area contributed by atoms with E-state index in [1.807, 2.05) is 0 Å². The molecule has 0 saturated carbocycles. The molecule has 0 aliphatic carbocycles. The fraction of sp³-hybridized carbons (Fsp3) is 0.100. The van der Waals surface area contributed by atoms with Crippen LogP contribution in [0.25, 0.3) is 22.3 Å². The first-order valence-corrected chi connectivity index (χ1v) is 8.66. The summed E-state index contributed by atoms with van der Waals surface area (Å²) in [6.07, 6.45) is 1.87. The Morgan fingerprint density at radius 2 is 1.86 bits per heavy atom. The van der Waals surface area contributed by atoms with Gasteiger partial charge in [-0.1, -0.05) is 12.1 Å². The van der Waals surface area contributed by atoms with Crippen molar-refractivity contribution in [3.8, 4) is 22.3 Å². The number of nitro groups is 1. The highest BCUT2D eigenvalue weighted by Crippen LogP contribution is 2.34. The number of anilines is 1. The number of pyridine rings is 1. The topological polar surface area (TPSA) is 111 Å². The van der Waals surface area contributed by atoms with Crippen LogP contribution >= 0.6 is 0 Å². The van der Waals surface area contributed by atoms with Gasteiger partial charge in [0.1, 0.15) is 5.82 Å². The Balaban J connectivity index is 1.84. The van der Waals surface area contributed by atoms with Crippen molar-refractivity contribution in [1.29, 1.82) is 0 Å². The van der Waals surface area contributed by atoms with Gasteiger partial charge in [0.05, 0.1) is 11.0 Å².